The van der Waals surface area contributed by atoms with Crippen LogP contribution in [-0.2, 0) is 29.1 Å². The molecule has 0 bridgehead atoms. The lowest BCUT2D eigenvalue weighted by Crippen LogP contribution is -2.76. The number of rotatable bonds is 9. The quantitative estimate of drug-likeness (QED) is 0.239. The number of hydrogen-bond donors (Lipinski definition) is 3. The van der Waals surface area contributed by atoms with Gasteiger partial charge in [-0.3, -0.25) is 14.6 Å². The Morgan fingerprint density at radius 3 is 2.30 bits per heavy atom. The van der Waals surface area contributed by atoms with Crippen molar-refractivity contribution in [1.82, 2.24) is 30.1 Å². The van der Waals surface area contributed by atoms with Crippen molar-refractivity contribution in [3.63, 3.8) is 0 Å². The van der Waals surface area contributed by atoms with Gasteiger partial charge >= 0.3 is 6.03 Å². The number of nitrogens with one attached hydrogen (secondary N) is 1. The van der Waals surface area contributed by atoms with E-state index in [1.807, 2.05) is 48.5 Å². The summed E-state index contributed by atoms with van der Waals surface area (Å²) in [5.41, 5.74) is 3.80. The van der Waals surface area contributed by atoms with E-state index >= 15 is 0 Å². The Balaban J connectivity index is 1.34. The molecule has 1 unspecified atom stereocenters. The molecular weight excluding hydrogens is 596 g/mol. The fourth-order valence-electron chi connectivity index (χ4n) is 6.11. The summed E-state index contributed by atoms with van der Waals surface area (Å²) in [6, 6.07) is 27.0. The van der Waals surface area contributed by atoms with Crippen LogP contribution in [0.15, 0.2) is 110 Å². The SMILES string of the molecule is C=CCN1CC(=O)N2C(CN(Cc3cccc(-c4ccc(O)cc4)n3)C(=O)[C@@H]2Cc2ccc(O)cc2)N1C(=O)NCc1ccccc1. The van der Waals surface area contributed by atoms with E-state index in [-0.39, 0.29) is 62.5 Å². The van der Waals surface area contributed by atoms with E-state index in [9.17, 15) is 24.6 Å². The van der Waals surface area contributed by atoms with Crippen LogP contribution in [0.4, 0.5) is 4.79 Å². The topological polar surface area (TPSA) is 130 Å². The van der Waals surface area contributed by atoms with Gasteiger partial charge in [0.15, 0.2) is 0 Å². The molecule has 11 heteroatoms. The normalized spacial score (nSPS) is 18.2. The number of piperazine rings is 1. The number of hydrazine groups is 1. The maximum absolute atomic E-state index is 14.3. The molecule has 3 heterocycles. The smallest absolute Gasteiger partial charge is 0.334 e. The van der Waals surface area contributed by atoms with Gasteiger partial charge in [-0.25, -0.2) is 14.8 Å². The van der Waals surface area contributed by atoms with E-state index in [1.165, 1.54) is 9.91 Å². The third-order valence-electron chi connectivity index (χ3n) is 8.35. The number of nitrogens with zero attached hydrogens (tertiary/aromatic N) is 5. The number of hydrogen-bond acceptors (Lipinski definition) is 7. The Kier molecular flexibility index (Phi) is 9.16. The predicted octanol–water partition coefficient (Wildman–Crippen LogP) is 3.90. The Morgan fingerprint density at radius 1 is 0.894 bits per heavy atom. The predicted molar refractivity (Wildman–Crippen MR) is 175 cm³/mol. The van der Waals surface area contributed by atoms with Crippen LogP contribution in [0.2, 0.25) is 0 Å². The van der Waals surface area contributed by atoms with Gasteiger partial charge in [-0.05, 0) is 59.7 Å². The van der Waals surface area contributed by atoms with Crippen LogP contribution in [0.25, 0.3) is 11.3 Å². The first-order valence-electron chi connectivity index (χ1n) is 15.4. The van der Waals surface area contributed by atoms with Gasteiger partial charge in [0, 0.05) is 25.1 Å². The highest BCUT2D eigenvalue weighted by molar-refractivity contribution is 5.91. The molecule has 1 aromatic heterocycles. The molecule has 0 radical (unpaired) electrons. The molecule has 4 amide bonds. The molecule has 6 rings (SSSR count). The van der Waals surface area contributed by atoms with Crippen molar-refractivity contribution >= 4 is 17.8 Å². The van der Waals surface area contributed by atoms with Crippen LogP contribution < -0.4 is 5.32 Å². The van der Waals surface area contributed by atoms with Crippen LogP contribution in [0.3, 0.4) is 0 Å². The van der Waals surface area contributed by atoms with Crippen molar-refractivity contribution in [2.24, 2.45) is 0 Å². The van der Waals surface area contributed by atoms with E-state index in [0.29, 0.717) is 11.4 Å². The molecule has 4 aromatic rings. The largest absolute Gasteiger partial charge is 0.508 e. The van der Waals surface area contributed by atoms with Gasteiger partial charge in [-0.15, -0.1) is 6.58 Å². The van der Waals surface area contributed by atoms with Crippen molar-refractivity contribution in [2.75, 3.05) is 19.6 Å². The van der Waals surface area contributed by atoms with Crippen molar-refractivity contribution in [3.05, 3.63) is 127 Å². The number of amides is 4. The molecule has 2 fully saturated rings. The molecule has 2 aliphatic rings. The van der Waals surface area contributed by atoms with Crippen LogP contribution >= 0.6 is 0 Å². The van der Waals surface area contributed by atoms with Gasteiger partial charge in [-0.1, -0.05) is 54.6 Å². The minimum absolute atomic E-state index is 0.0637. The number of carbonyl (C=O) groups excluding carboxylic acids is 3. The molecule has 3 N–H and O–H groups in total. The van der Waals surface area contributed by atoms with Gasteiger partial charge in [0.25, 0.3) is 0 Å². The molecule has 3 aromatic carbocycles. The first kappa shape index (κ1) is 31.3. The maximum atomic E-state index is 14.3. The lowest BCUT2D eigenvalue weighted by molar-refractivity contribution is -0.189. The number of phenols is 2. The van der Waals surface area contributed by atoms with E-state index in [0.717, 1.165) is 16.7 Å². The Morgan fingerprint density at radius 2 is 1.60 bits per heavy atom. The number of urea groups is 1. The monoisotopic (exact) mass is 632 g/mol. The zero-order chi connectivity index (χ0) is 32.9. The molecule has 0 aliphatic carbocycles. The van der Waals surface area contributed by atoms with Crippen molar-refractivity contribution in [2.45, 2.75) is 31.7 Å². The minimum Gasteiger partial charge on any atom is -0.508 e. The first-order valence-corrected chi connectivity index (χ1v) is 15.4. The summed E-state index contributed by atoms with van der Waals surface area (Å²) in [6.45, 7) is 4.49. The van der Waals surface area contributed by atoms with Crippen LogP contribution in [0, 0.1) is 0 Å². The first-order chi connectivity index (χ1) is 22.8. The molecule has 0 saturated carbocycles. The summed E-state index contributed by atoms with van der Waals surface area (Å²) in [5.74, 6) is -0.286. The number of carbonyl (C=O) groups is 3. The van der Waals surface area contributed by atoms with E-state index in [4.69, 9.17) is 4.98 Å². The van der Waals surface area contributed by atoms with Crippen molar-refractivity contribution in [1.29, 1.82) is 0 Å². The van der Waals surface area contributed by atoms with E-state index < -0.39 is 18.2 Å². The molecule has 2 aliphatic heterocycles. The zero-order valence-electron chi connectivity index (χ0n) is 25.8. The van der Waals surface area contributed by atoms with Gasteiger partial charge in [-0.2, -0.15) is 0 Å². The molecule has 0 spiro atoms. The summed E-state index contributed by atoms with van der Waals surface area (Å²) < 4.78 is 0. The van der Waals surface area contributed by atoms with Crippen molar-refractivity contribution in [3.8, 4) is 22.8 Å². The van der Waals surface area contributed by atoms with E-state index in [1.54, 1.807) is 64.5 Å². The van der Waals surface area contributed by atoms with Gasteiger partial charge < -0.3 is 25.3 Å². The minimum atomic E-state index is -0.902. The van der Waals surface area contributed by atoms with Crippen molar-refractivity contribution < 1.29 is 24.6 Å². The number of phenolic OH excluding ortho intramolecular Hbond substituents is 2. The number of aromatic hydroxyl groups is 2. The molecule has 2 saturated heterocycles. The Bertz CT molecular complexity index is 1750. The Labute approximate surface area is 272 Å². The summed E-state index contributed by atoms with van der Waals surface area (Å²) in [5, 5.41) is 25.8. The second kappa shape index (κ2) is 13.8. The molecular formula is C36H36N6O5. The molecule has 2 atom stereocenters. The van der Waals surface area contributed by atoms with Crippen LogP contribution in [0.5, 0.6) is 11.5 Å². The highest BCUT2D eigenvalue weighted by Crippen LogP contribution is 2.30. The fraction of sp³-hybridized carbons (Fsp3) is 0.222. The van der Waals surface area contributed by atoms with Gasteiger partial charge in [0.1, 0.15) is 23.7 Å². The fourth-order valence-corrected chi connectivity index (χ4v) is 6.11. The van der Waals surface area contributed by atoms with Crippen LogP contribution in [-0.4, -0.2) is 84.7 Å². The number of benzene rings is 3. The third-order valence-corrected chi connectivity index (χ3v) is 8.35. The average Bonchev–Trinajstić information content (AvgIpc) is 3.07. The van der Waals surface area contributed by atoms with Gasteiger partial charge in [0.05, 0.1) is 31.0 Å². The average molecular weight is 633 g/mol. The summed E-state index contributed by atoms with van der Waals surface area (Å²) in [4.78, 5) is 50.0. The lowest BCUT2D eigenvalue weighted by Gasteiger charge is -2.55. The molecule has 240 valence electrons. The third kappa shape index (κ3) is 6.95. The second-order valence-corrected chi connectivity index (χ2v) is 11.6. The number of pyridine rings is 1. The highest BCUT2D eigenvalue weighted by atomic mass is 16.3. The zero-order valence-corrected chi connectivity index (χ0v) is 25.8. The number of aromatic nitrogens is 1. The summed E-state index contributed by atoms with van der Waals surface area (Å²) >= 11 is 0. The van der Waals surface area contributed by atoms with Gasteiger partial charge in [0.2, 0.25) is 11.8 Å². The molecule has 47 heavy (non-hydrogen) atoms. The lowest BCUT2D eigenvalue weighted by atomic mass is 9.98. The highest BCUT2D eigenvalue weighted by Gasteiger charge is 2.51. The van der Waals surface area contributed by atoms with E-state index in [2.05, 4.69) is 11.9 Å². The summed E-state index contributed by atoms with van der Waals surface area (Å²) in [7, 11) is 0. The van der Waals surface area contributed by atoms with Crippen LogP contribution in [0.1, 0.15) is 16.8 Å². The maximum Gasteiger partial charge on any atom is 0.334 e. The summed E-state index contributed by atoms with van der Waals surface area (Å²) in [6.07, 6.45) is 1.03. The second-order valence-electron chi connectivity index (χ2n) is 11.6. The standard InChI is InChI=1S/C36H36N6O5/c1-2-19-40-24-34(45)41-32(20-25-11-15-29(43)16-12-25)35(46)39(22-28-9-6-10-31(38-28)27-13-17-30(44)18-14-27)23-33(41)42(40)36(47)37-21-26-7-4-3-5-8-26/h2-18,32-33,43-44H,1,19-24H2,(H,37,47)/t32-,33?/m0/s1. The molecule has 11 nitrogen and oxygen atoms in total. The Hall–Kier alpha value is -5.68. The number of fused-ring (bicyclic) bond motifs is 1.